The zero-order valence-corrected chi connectivity index (χ0v) is 10.6. The van der Waals surface area contributed by atoms with E-state index in [1.807, 2.05) is 13.8 Å². The number of carboxylic acids is 1. The molecule has 2 rings (SSSR count). The molecule has 1 N–H and O–H groups in total. The summed E-state index contributed by atoms with van der Waals surface area (Å²) in [6.07, 6.45) is 1.32. The Kier molecular flexibility index (Phi) is 3.24. The van der Waals surface area contributed by atoms with Gasteiger partial charge in [0.1, 0.15) is 0 Å². The van der Waals surface area contributed by atoms with Crippen LogP contribution in [-0.4, -0.2) is 28.4 Å². The Morgan fingerprint density at radius 3 is 2.76 bits per heavy atom. The molecule has 0 radical (unpaired) electrons. The lowest BCUT2D eigenvalue weighted by molar-refractivity contribution is 0.0696. The molecule has 0 spiro atoms. The summed E-state index contributed by atoms with van der Waals surface area (Å²) in [6, 6.07) is 1.75. The van der Waals surface area contributed by atoms with Crippen molar-refractivity contribution in [1.82, 2.24) is 4.57 Å². The first-order valence-electron chi connectivity index (χ1n) is 6.02. The summed E-state index contributed by atoms with van der Waals surface area (Å²) < 4.78 is 7.64. The number of nitrogens with zero attached hydrogens (tertiary/aromatic N) is 1. The fraction of sp³-hybridized carbons (Fsp3) is 0.615. The summed E-state index contributed by atoms with van der Waals surface area (Å²) in [6.45, 7) is 7.59. The Balaban J connectivity index is 2.23. The van der Waals surface area contributed by atoms with Gasteiger partial charge in [-0.1, -0.05) is 0 Å². The SMILES string of the molecule is Cc1cc(C(=O)O)c(C)n1CC1CCOC1C. The van der Waals surface area contributed by atoms with Crippen molar-refractivity contribution in [2.24, 2.45) is 5.92 Å². The number of carboxylic acid groups (broad SMARTS) is 1. The molecule has 2 unspecified atom stereocenters. The standard InChI is InChI=1S/C13H19NO3/c1-8-6-12(13(15)16)9(2)14(8)7-11-4-5-17-10(11)3/h6,10-11H,4-5,7H2,1-3H3,(H,15,16). The van der Waals surface area contributed by atoms with E-state index in [-0.39, 0.29) is 6.10 Å². The maximum Gasteiger partial charge on any atom is 0.337 e. The zero-order chi connectivity index (χ0) is 12.6. The molecule has 1 aromatic heterocycles. The molecule has 0 aliphatic carbocycles. The summed E-state index contributed by atoms with van der Waals surface area (Å²) in [4.78, 5) is 11.1. The molecular weight excluding hydrogens is 218 g/mol. The zero-order valence-electron chi connectivity index (χ0n) is 10.6. The van der Waals surface area contributed by atoms with Crippen molar-refractivity contribution in [2.45, 2.75) is 39.8 Å². The fourth-order valence-corrected chi connectivity index (χ4v) is 2.55. The maximum absolute atomic E-state index is 11.1. The van der Waals surface area contributed by atoms with Crippen molar-refractivity contribution in [3.63, 3.8) is 0 Å². The number of hydrogen-bond donors (Lipinski definition) is 1. The number of hydrogen-bond acceptors (Lipinski definition) is 2. The predicted molar refractivity (Wildman–Crippen MR) is 64.4 cm³/mol. The van der Waals surface area contributed by atoms with Gasteiger partial charge in [-0.25, -0.2) is 4.79 Å². The summed E-state index contributed by atoms with van der Waals surface area (Å²) in [5, 5.41) is 9.08. The Labute approximate surface area is 101 Å². The summed E-state index contributed by atoms with van der Waals surface area (Å²) in [5.74, 6) is -0.360. The van der Waals surface area contributed by atoms with Gasteiger partial charge in [0.25, 0.3) is 0 Å². The van der Waals surface area contributed by atoms with Gasteiger partial charge in [0, 0.05) is 30.5 Å². The minimum Gasteiger partial charge on any atom is -0.478 e. The van der Waals surface area contributed by atoms with Gasteiger partial charge in [-0.15, -0.1) is 0 Å². The van der Waals surface area contributed by atoms with Gasteiger partial charge in [-0.3, -0.25) is 0 Å². The minimum atomic E-state index is -0.847. The second-order valence-electron chi connectivity index (χ2n) is 4.83. The maximum atomic E-state index is 11.1. The van der Waals surface area contributed by atoms with Gasteiger partial charge in [-0.2, -0.15) is 0 Å². The van der Waals surface area contributed by atoms with E-state index in [9.17, 15) is 4.79 Å². The second-order valence-corrected chi connectivity index (χ2v) is 4.83. The summed E-state index contributed by atoms with van der Waals surface area (Å²) >= 11 is 0. The third kappa shape index (κ3) is 2.22. The summed E-state index contributed by atoms with van der Waals surface area (Å²) in [7, 11) is 0. The van der Waals surface area contributed by atoms with Crippen molar-refractivity contribution < 1.29 is 14.6 Å². The van der Waals surface area contributed by atoms with Crippen LogP contribution in [0.1, 0.15) is 35.1 Å². The van der Waals surface area contributed by atoms with Gasteiger partial charge in [0.15, 0.2) is 0 Å². The van der Waals surface area contributed by atoms with Gasteiger partial charge < -0.3 is 14.4 Å². The Hall–Kier alpha value is -1.29. The molecule has 17 heavy (non-hydrogen) atoms. The number of rotatable bonds is 3. The smallest absolute Gasteiger partial charge is 0.337 e. The third-order valence-electron chi connectivity index (χ3n) is 3.75. The number of ether oxygens (including phenoxy) is 1. The molecule has 0 aromatic carbocycles. The Bertz CT molecular complexity index is 436. The van der Waals surface area contributed by atoms with Crippen LogP contribution in [0.2, 0.25) is 0 Å². The Morgan fingerprint density at radius 2 is 2.29 bits per heavy atom. The fourth-order valence-electron chi connectivity index (χ4n) is 2.55. The van der Waals surface area contributed by atoms with Crippen molar-refractivity contribution in [1.29, 1.82) is 0 Å². The van der Waals surface area contributed by atoms with Crippen LogP contribution in [0, 0.1) is 19.8 Å². The number of aromatic nitrogens is 1. The molecule has 0 amide bonds. The van der Waals surface area contributed by atoms with Crippen LogP contribution in [0.5, 0.6) is 0 Å². The molecule has 94 valence electrons. The van der Waals surface area contributed by atoms with Gasteiger partial charge in [0.05, 0.1) is 11.7 Å². The molecule has 2 atom stereocenters. The van der Waals surface area contributed by atoms with Crippen LogP contribution in [0.4, 0.5) is 0 Å². The van der Waals surface area contributed by atoms with Crippen LogP contribution < -0.4 is 0 Å². The van der Waals surface area contributed by atoms with Crippen LogP contribution in [0.25, 0.3) is 0 Å². The highest BCUT2D eigenvalue weighted by atomic mass is 16.5. The molecule has 1 fully saturated rings. The molecule has 1 aliphatic rings. The van der Waals surface area contributed by atoms with Crippen molar-refractivity contribution in [3.05, 3.63) is 23.0 Å². The van der Waals surface area contributed by atoms with E-state index in [1.54, 1.807) is 6.07 Å². The number of aromatic carboxylic acids is 1. The van der Waals surface area contributed by atoms with E-state index in [2.05, 4.69) is 11.5 Å². The van der Waals surface area contributed by atoms with Crippen LogP contribution >= 0.6 is 0 Å². The molecule has 2 heterocycles. The predicted octanol–water partition coefficient (Wildman–Crippen LogP) is 2.23. The molecule has 0 saturated carbocycles. The van der Waals surface area contributed by atoms with Crippen LogP contribution in [0.15, 0.2) is 6.07 Å². The third-order valence-corrected chi connectivity index (χ3v) is 3.75. The van der Waals surface area contributed by atoms with E-state index < -0.39 is 5.97 Å². The first-order chi connectivity index (χ1) is 8.00. The monoisotopic (exact) mass is 237 g/mol. The number of carbonyl (C=O) groups is 1. The van der Waals surface area contributed by atoms with E-state index in [4.69, 9.17) is 9.84 Å². The van der Waals surface area contributed by atoms with E-state index >= 15 is 0 Å². The lowest BCUT2D eigenvalue weighted by Crippen LogP contribution is -2.19. The molecule has 1 aliphatic heterocycles. The van der Waals surface area contributed by atoms with Crippen molar-refractivity contribution in [3.8, 4) is 0 Å². The molecule has 4 nitrogen and oxygen atoms in total. The van der Waals surface area contributed by atoms with Crippen molar-refractivity contribution >= 4 is 5.97 Å². The first kappa shape index (κ1) is 12.2. The first-order valence-corrected chi connectivity index (χ1v) is 6.02. The van der Waals surface area contributed by atoms with Crippen LogP contribution in [-0.2, 0) is 11.3 Å². The molecule has 1 aromatic rings. The highest BCUT2D eigenvalue weighted by molar-refractivity contribution is 5.89. The topological polar surface area (TPSA) is 51.5 Å². The molecule has 0 bridgehead atoms. The highest BCUT2D eigenvalue weighted by Gasteiger charge is 2.26. The van der Waals surface area contributed by atoms with Gasteiger partial charge >= 0.3 is 5.97 Å². The van der Waals surface area contributed by atoms with E-state index in [0.717, 1.165) is 31.0 Å². The highest BCUT2D eigenvalue weighted by Crippen LogP contribution is 2.25. The second kappa shape index (κ2) is 4.53. The van der Waals surface area contributed by atoms with Gasteiger partial charge in [0.2, 0.25) is 0 Å². The molecular formula is C13H19NO3. The van der Waals surface area contributed by atoms with Gasteiger partial charge in [-0.05, 0) is 33.3 Å². The average Bonchev–Trinajstić information content (AvgIpc) is 2.77. The van der Waals surface area contributed by atoms with E-state index in [1.165, 1.54) is 0 Å². The quantitative estimate of drug-likeness (QED) is 0.877. The summed E-state index contributed by atoms with van der Waals surface area (Å²) in [5.41, 5.74) is 2.27. The lowest BCUT2D eigenvalue weighted by atomic mass is 10.0. The Morgan fingerprint density at radius 1 is 1.59 bits per heavy atom. The normalized spacial score (nSPS) is 24.2. The lowest BCUT2D eigenvalue weighted by Gasteiger charge is -2.17. The molecule has 4 heteroatoms. The number of aryl methyl sites for hydroxylation is 1. The van der Waals surface area contributed by atoms with E-state index in [0.29, 0.717) is 11.5 Å². The van der Waals surface area contributed by atoms with Crippen molar-refractivity contribution in [2.75, 3.05) is 6.61 Å². The largest absolute Gasteiger partial charge is 0.478 e. The minimum absolute atomic E-state index is 0.268. The average molecular weight is 237 g/mol. The molecule has 1 saturated heterocycles. The van der Waals surface area contributed by atoms with Crippen LogP contribution in [0.3, 0.4) is 0 Å².